The molecule has 662 valence electrons. The molecule has 0 bridgehead atoms. The number of nitrogens with one attached hydrogen (secondary N) is 4. The van der Waals surface area contributed by atoms with E-state index in [4.69, 9.17) is 42.1 Å². The van der Waals surface area contributed by atoms with Crippen molar-refractivity contribution in [3.8, 4) is 23.0 Å². The van der Waals surface area contributed by atoms with Crippen LogP contribution in [0, 0.1) is 48.6 Å². The largest absolute Gasteiger partial charge is 0.452 e. The molecule has 0 atom stereocenters. The minimum Gasteiger partial charge on any atom is -0.452 e. The molecule has 10 aromatic rings. The first-order chi connectivity index (χ1) is 60.8. The highest BCUT2D eigenvalue weighted by Crippen LogP contribution is 2.57. The first kappa shape index (κ1) is 88.7. The van der Waals surface area contributed by atoms with Crippen molar-refractivity contribution >= 4 is 111 Å². The third-order valence-electron chi connectivity index (χ3n) is 26.5. The number of carbonyl (C=O) groups is 2. The van der Waals surface area contributed by atoms with Gasteiger partial charge in [-0.3, -0.25) is 39.6 Å². The van der Waals surface area contributed by atoms with Crippen molar-refractivity contribution in [2.45, 2.75) is 145 Å². The molecule has 2 saturated heterocycles. The summed E-state index contributed by atoms with van der Waals surface area (Å²) in [6, 6.07) is 35.9. The number of aromatic amines is 2. The minimum absolute atomic E-state index is 0.121. The van der Waals surface area contributed by atoms with Gasteiger partial charge in [0.2, 0.25) is 0 Å². The molecule has 6 aromatic carbocycles. The summed E-state index contributed by atoms with van der Waals surface area (Å²) in [4.78, 5) is 73.0. The molecular weight excluding hydrogens is 1690 g/mol. The van der Waals surface area contributed by atoms with Crippen LogP contribution in [0.5, 0.6) is 23.0 Å². The van der Waals surface area contributed by atoms with E-state index in [0.29, 0.717) is 140 Å². The van der Waals surface area contributed by atoms with Crippen molar-refractivity contribution in [1.29, 1.82) is 0 Å². The molecule has 32 heteroatoms. The lowest BCUT2D eigenvalue weighted by Crippen LogP contribution is -2.47. The van der Waals surface area contributed by atoms with Crippen LogP contribution < -0.4 is 28.7 Å². The van der Waals surface area contributed by atoms with Crippen molar-refractivity contribution in [2.75, 3.05) is 102 Å². The number of nitro benzene ring substituents is 2. The van der Waals surface area contributed by atoms with Gasteiger partial charge in [0.25, 0.3) is 43.2 Å². The summed E-state index contributed by atoms with van der Waals surface area (Å²) in [5, 5.41) is 27.0. The predicted molar refractivity (Wildman–Crippen MR) is 481 cm³/mol. The summed E-state index contributed by atoms with van der Waals surface area (Å²) in [7, 11) is -7.77. The van der Waals surface area contributed by atoms with Crippen molar-refractivity contribution in [3.05, 3.63) is 245 Å². The fraction of sp³-hybridized carbons (Fsp3) is 0.404. The molecule has 17 rings (SSSR count). The number of anilines is 2. The summed E-state index contributed by atoms with van der Waals surface area (Å²) in [5.41, 5.74) is 9.79. The number of aryl methyl sites for hydroxylation is 2. The van der Waals surface area contributed by atoms with Crippen LogP contribution in [-0.4, -0.2) is 161 Å². The molecule has 0 radical (unpaired) electrons. The van der Waals surface area contributed by atoms with Crippen molar-refractivity contribution in [2.24, 2.45) is 16.7 Å². The number of aromatic nitrogens is 4. The highest BCUT2D eigenvalue weighted by molar-refractivity contribution is 7.90. The monoisotopic (exact) mass is 1790 g/mol. The van der Waals surface area contributed by atoms with Crippen LogP contribution in [-0.2, 0) is 42.4 Å². The van der Waals surface area contributed by atoms with Gasteiger partial charge in [0.05, 0.1) is 67.7 Å². The Hall–Kier alpha value is -10.7. The number of hydrogen-bond donors (Lipinski definition) is 4. The molecule has 3 saturated carbocycles. The van der Waals surface area contributed by atoms with Crippen LogP contribution in [0.2, 0.25) is 10.0 Å². The number of benzene rings is 6. The third-order valence-corrected chi connectivity index (χ3v) is 29.6. The number of ether oxygens (including phenoxy) is 4. The molecule has 2 spiro atoms. The normalized spacial score (nSPS) is 17.5. The predicted octanol–water partition coefficient (Wildman–Crippen LogP) is 19.3. The van der Waals surface area contributed by atoms with Crippen LogP contribution in [0.4, 0.5) is 31.5 Å². The molecule has 5 fully saturated rings. The lowest BCUT2D eigenvalue weighted by atomic mass is 9.59. The number of carbonyl (C=O) groups excluding carboxylic acids is 2. The van der Waals surface area contributed by atoms with Crippen LogP contribution in [0.3, 0.4) is 0 Å². The number of rotatable bonds is 30. The van der Waals surface area contributed by atoms with E-state index in [1.807, 2.05) is 43.5 Å². The van der Waals surface area contributed by atoms with E-state index in [1.165, 1.54) is 152 Å². The van der Waals surface area contributed by atoms with Gasteiger partial charge in [0.1, 0.15) is 22.8 Å². The Bertz CT molecular complexity index is 6020. The zero-order valence-corrected chi connectivity index (χ0v) is 73.4. The maximum atomic E-state index is 17.0. The number of halogens is 4. The van der Waals surface area contributed by atoms with E-state index >= 15 is 8.78 Å². The van der Waals surface area contributed by atoms with Gasteiger partial charge in [-0.05, 0) is 214 Å². The number of allylic oxidation sites excluding steroid dienone is 2. The zero-order valence-electron chi connectivity index (χ0n) is 70.3. The van der Waals surface area contributed by atoms with Gasteiger partial charge in [-0.15, -0.1) is 0 Å². The van der Waals surface area contributed by atoms with Crippen molar-refractivity contribution < 1.29 is 64.0 Å². The number of amides is 2. The number of nitrogens with zero attached hydrogens (tertiary/aromatic N) is 8. The number of hydrogen-bond acceptors (Lipinski definition) is 20. The van der Waals surface area contributed by atoms with E-state index in [1.54, 1.807) is 43.8 Å². The van der Waals surface area contributed by atoms with Gasteiger partial charge < -0.3 is 38.7 Å². The van der Waals surface area contributed by atoms with E-state index in [2.05, 4.69) is 54.0 Å². The SMILES string of the molecule is COCCOCCCc1ccc(S(=O)(=O)NC(=O)c2ccc(N3CCN(CC4=C(c5ccc(Cl)cc5)CC5(CCC5)CC4)CC3)c(F)c2Oc2cnc3[nH]ccc3c2)cc1[N+](=O)[O-].O=C(NS(=O)(=O)c1ccc(CCC2CCCCC2)c([N+](=O)[O-])c1)c1ccc(N2CCN(CC3=C(c4ccc(Cl)cc4)CC4(CCC4)CC3)CC2)c(F)c1Oc1cnc2[nH]ccc2c1. The molecule has 7 aliphatic rings. The second kappa shape index (κ2) is 38.9. The molecule has 2 aliphatic heterocycles. The average molecular weight is 1800 g/mol. The fourth-order valence-electron chi connectivity index (χ4n) is 19.0. The quantitative estimate of drug-likeness (QED) is 0.0185. The Morgan fingerprint density at radius 3 is 1.40 bits per heavy atom. The average Bonchev–Trinajstić information content (AvgIpc) is 0.830. The summed E-state index contributed by atoms with van der Waals surface area (Å²) in [6.45, 7) is 7.46. The number of fused-ring (bicyclic) bond motifs is 2. The highest BCUT2D eigenvalue weighted by Gasteiger charge is 2.43. The number of pyridine rings is 2. The van der Waals surface area contributed by atoms with Crippen LogP contribution >= 0.6 is 23.2 Å². The van der Waals surface area contributed by atoms with E-state index in [9.17, 15) is 46.7 Å². The fourth-order valence-corrected chi connectivity index (χ4v) is 21.3. The van der Waals surface area contributed by atoms with E-state index < -0.39 is 85.9 Å². The topological polar surface area (TPSA) is 320 Å². The second-order valence-electron chi connectivity index (χ2n) is 34.4. The molecule has 0 unspecified atom stereocenters. The molecular formula is C94H102Cl2F2N12O14S2. The smallest absolute Gasteiger partial charge is 0.273 e. The Morgan fingerprint density at radius 1 is 0.540 bits per heavy atom. The number of piperazine rings is 2. The Balaban J connectivity index is 0.000000186. The van der Waals surface area contributed by atoms with E-state index in [-0.39, 0.29) is 40.5 Å². The van der Waals surface area contributed by atoms with Gasteiger partial charge >= 0.3 is 0 Å². The number of nitro groups is 2. The Labute approximate surface area is 740 Å². The molecule has 2 amide bonds. The van der Waals surface area contributed by atoms with E-state index in [0.717, 1.165) is 88.0 Å². The summed E-state index contributed by atoms with van der Waals surface area (Å²) >= 11 is 12.5. The maximum absolute atomic E-state index is 17.0. The van der Waals surface area contributed by atoms with Gasteiger partial charge in [-0.25, -0.2) is 45.0 Å². The highest BCUT2D eigenvalue weighted by atomic mass is 35.5. The van der Waals surface area contributed by atoms with Crippen molar-refractivity contribution in [1.82, 2.24) is 39.2 Å². The third kappa shape index (κ3) is 20.5. The minimum atomic E-state index is -4.68. The van der Waals surface area contributed by atoms with Gasteiger partial charge in [-0.2, -0.15) is 0 Å². The second-order valence-corrected chi connectivity index (χ2v) is 38.6. The number of sulfonamides is 2. The van der Waals surface area contributed by atoms with Crippen LogP contribution in [0.25, 0.3) is 33.2 Å². The molecule has 5 aliphatic carbocycles. The standard InChI is InChI=1S/C48H52ClFN6O6S.C46H50ClFN6O8S/c49-37-12-9-33(10-13-37)41-29-48(19-4-20-48)21-17-36(41)31-54-23-25-55(26-24-54)42-16-15-40(45(44(42)50)62-38-27-35-18-22-51-46(35)52-30-38)47(57)53-63(60,61)39-14-11-34(43(28-39)56(58)59)8-7-32-5-2-1-3-6-32;1-60-24-25-61-23-2-4-32-7-10-37(27-41(32)54(56)57)63(58,59)51-45(55)38-11-12-40(42(48)43(38)62-36-26-33-14-18-49-44(33)50-29-36)53-21-19-52(20-22-53)30-34-13-17-46(15-3-16-46)28-39(34)31-5-8-35(47)9-6-31/h9-16,18,22,27-28,30,32H,1-8,17,19-21,23-26,29,31H2,(H,51,52)(H,53,57);5-12,14,18,26-27,29H,2-4,13,15-17,19-25,28,30H2,1H3,(H,49,50)(H,51,55). The van der Waals surface area contributed by atoms with Gasteiger partial charge in [0.15, 0.2) is 23.1 Å². The summed E-state index contributed by atoms with van der Waals surface area (Å²) < 4.78 is 115. The lowest BCUT2D eigenvalue weighted by molar-refractivity contribution is -0.385. The van der Waals surface area contributed by atoms with Gasteiger partial charge in [-0.1, -0.05) is 116 Å². The molecule has 126 heavy (non-hydrogen) atoms. The number of H-pyrrole nitrogens is 2. The molecule has 6 heterocycles. The first-order valence-corrected chi connectivity index (χ1v) is 47.1. The zero-order chi connectivity index (χ0) is 87.9. The molecule has 4 N–H and O–H groups in total. The van der Waals surface area contributed by atoms with Crippen LogP contribution in [0.1, 0.15) is 165 Å². The molecule has 4 aromatic heterocycles. The number of methoxy groups -OCH3 is 1. The summed E-state index contributed by atoms with van der Waals surface area (Å²) in [5.74, 6) is -4.22. The first-order valence-electron chi connectivity index (χ1n) is 43.4. The Kier molecular flexibility index (Phi) is 27.4. The lowest BCUT2D eigenvalue weighted by Gasteiger charge is -2.47. The van der Waals surface area contributed by atoms with Gasteiger partial charge in [0, 0.05) is 136 Å². The van der Waals surface area contributed by atoms with Crippen LogP contribution in [0.15, 0.2) is 179 Å². The van der Waals surface area contributed by atoms with Crippen molar-refractivity contribution in [3.63, 3.8) is 0 Å². The maximum Gasteiger partial charge on any atom is 0.273 e. The molecule has 26 nitrogen and oxygen atoms in total. The summed E-state index contributed by atoms with van der Waals surface area (Å²) in [6.07, 6.45) is 28.1. The Morgan fingerprint density at radius 2 is 0.984 bits per heavy atom.